The lowest BCUT2D eigenvalue weighted by Crippen LogP contribution is -2.31. The topological polar surface area (TPSA) is 24.9 Å². The van der Waals surface area contributed by atoms with Gasteiger partial charge in [0.1, 0.15) is 0 Å². The Labute approximate surface area is 106 Å². The Morgan fingerprint density at radius 3 is 2.65 bits per heavy atom. The summed E-state index contributed by atoms with van der Waals surface area (Å²) in [6, 6.07) is 6.78. The first-order chi connectivity index (χ1) is 8.26. The summed E-state index contributed by atoms with van der Waals surface area (Å²) < 4.78 is 0. The standard InChI is InChI=1S/C15H26N2/c1-4-13(3)12-14(5-2)17-11-9-15-8-6-7-10-16-15/h6-8,10,13-14,17H,4-5,9,11-12H2,1-3H3. The van der Waals surface area contributed by atoms with E-state index in [2.05, 4.69) is 43.2 Å². The highest BCUT2D eigenvalue weighted by molar-refractivity contribution is 5.03. The molecule has 17 heavy (non-hydrogen) atoms. The highest BCUT2D eigenvalue weighted by atomic mass is 14.9. The van der Waals surface area contributed by atoms with Gasteiger partial charge in [-0.1, -0.05) is 33.3 Å². The molecular weight excluding hydrogens is 208 g/mol. The van der Waals surface area contributed by atoms with Crippen molar-refractivity contribution in [3.05, 3.63) is 30.1 Å². The molecule has 1 N–H and O–H groups in total. The second-order valence-corrected chi connectivity index (χ2v) is 4.88. The van der Waals surface area contributed by atoms with Crippen molar-refractivity contribution in [3.8, 4) is 0 Å². The van der Waals surface area contributed by atoms with E-state index in [0.29, 0.717) is 6.04 Å². The molecule has 2 atom stereocenters. The fourth-order valence-electron chi connectivity index (χ4n) is 2.00. The summed E-state index contributed by atoms with van der Waals surface area (Å²) >= 11 is 0. The van der Waals surface area contributed by atoms with Crippen LogP contribution in [-0.2, 0) is 6.42 Å². The Bertz CT molecular complexity index is 284. The van der Waals surface area contributed by atoms with Crippen LogP contribution in [0.25, 0.3) is 0 Å². The Kier molecular flexibility index (Phi) is 6.87. The summed E-state index contributed by atoms with van der Waals surface area (Å²) in [5, 5.41) is 3.64. The number of hydrogen-bond donors (Lipinski definition) is 1. The van der Waals surface area contributed by atoms with Crippen molar-refractivity contribution in [3.63, 3.8) is 0 Å². The smallest absolute Gasteiger partial charge is 0.0416 e. The molecule has 1 heterocycles. The van der Waals surface area contributed by atoms with E-state index in [1.807, 2.05) is 12.3 Å². The van der Waals surface area contributed by atoms with Crippen molar-refractivity contribution in [1.82, 2.24) is 10.3 Å². The van der Waals surface area contributed by atoms with E-state index >= 15 is 0 Å². The summed E-state index contributed by atoms with van der Waals surface area (Å²) in [6.07, 6.45) is 6.67. The molecule has 2 nitrogen and oxygen atoms in total. The number of nitrogens with one attached hydrogen (secondary N) is 1. The molecule has 2 unspecified atom stereocenters. The summed E-state index contributed by atoms with van der Waals surface area (Å²) in [4.78, 5) is 4.34. The average molecular weight is 234 g/mol. The molecule has 1 aromatic rings. The molecular formula is C15H26N2. The van der Waals surface area contributed by atoms with E-state index in [0.717, 1.165) is 18.9 Å². The van der Waals surface area contributed by atoms with Gasteiger partial charge >= 0.3 is 0 Å². The largest absolute Gasteiger partial charge is 0.314 e. The van der Waals surface area contributed by atoms with Crippen LogP contribution in [0.2, 0.25) is 0 Å². The van der Waals surface area contributed by atoms with Crippen LogP contribution < -0.4 is 5.32 Å². The maximum absolute atomic E-state index is 4.34. The van der Waals surface area contributed by atoms with Gasteiger partial charge in [-0.25, -0.2) is 0 Å². The molecule has 0 radical (unpaired) electrons. The lowest BCUT2D eigenvalue weighted by atomic mass is 9.98. The molecule has 1 rings (SSSR count). The van der Waals surface area contributed by atoms with E-state index in [1.165, 1.54) is 25.0 Å². The van der Waals surface area contributed by atoms with Crippen LogP contribution in [0.15, 0.2) is 24.4 Å². The molecule has 0 aliphatic rings. The number of aromatic nitrogens is 1. The number of nitrogens with zero attached hydrogens (tertiary/aromatic N) is 1. The summed E-state index contributed by atoms with van der Waals surface area (Å²) in [6.45, 7) is 7.90. The highest BCUT2D eigenvalue weighted by Crippen LogP contribution is 2.11. The third kappa shape index (κ3) is 5.83. The molecule has 96 valence electrons. The molecule has 2 heteroatoms. The monoisotopic (exact) mass is 234 g/mol. The molecule has 1 aromatic heterocycles. The van der Waals surface area contributed by atoms with Gasteiger partial charge in [-0.05, 0) is 30.9 Å². The minimum absolute atomic E-state index is 0.661. The van der Waals surface area contributed by atoms with E-state index in [4.69, 9.17) is 0 Å². The molecule has 0 aliphatic heterocycles. The number of pyridine rings is 1. The first kappa shape index (κ1) is 14.2. The quantitative estimate of drug-likeness (QED) is 0.745. The second-order valence-electron chi connectivity index (χ2n) is 4.88. The second kappa shape index (κ2) is 8.24. The van der Waals surface area contributed by atoms with Crippen LogP contribution in [0.4, 0.5) is 0 Å². The maximum atomic E-state index is 4.34. The molecule has 0 bridgehead atoms. The zero-order valence-corrected chi connectivity index (χ0v) is 11.4. The van der Waals surface area contributed by atoms with Gasteiger partial charge in [0.05, 0.1) is 0 Å². The average Bonchev–Trinajstić information content (AvgIpc) is 2.38. The highest BCUT2D eigenvalue weighted by Gasteiger charge is 2.09. The normalized spacial score (nSPS) is 14.5. The van der Waals surface area contributed by atoms with E-state index < -0.39 is 0 Å². The molecule has 0 amide bonds. The van der Waals surface area contributed by atoms with Gasteiger partial charge in [0, 0.05) is 30.9 Å². The van der Waals surface area contributed by atoms with Crippen LogP contribution in [-0.4, -0.2) is 17.6 Å². The lowest BCUT2D eigenvalue weighted by molar-refractivity contribution is 0.386. The Hall–Kier alpha value is -0.890. The molecule has 0 saturated heterocycles. The van der Waals surface area contributed by atoms with Gasteiger partial charge in [-0.2, -0.15) is 0 Å². The maximum Gasteiger partial charge on any atom is 0.0416 e. The van der Waals surface area contributed by atoms with Crippen molar-refractivity contribution < 1.29 is 0 Å². The van der Waals surface area contributed by atoms with Crippen molar-refractivity contribution in [2.75, 3.05) is 6.54 Å². The fourth-order valence-corrected chi connectivity index (χ4v) is 2.00. The van der Waals surface area contributed by atoms with E-state index in [9.17, 15) is 0 Å². The molecule has 0 aliphatic carbocycles. The lowest BCUT2D eigenvalue weighted by Gasteiger charge is -2.20. The third-order valence-corrected chi connectivity index (χ3v) is 3.42. The zero-order valence-electron chi connectivity index (χ0n) is 11.4. The predicted octanol–water partition coefficient (Wildman–Crippen LogP) is 3.43. The van der Waals surface area contributed by atoms with Crippen molar-refractivity contribution in [1.29, 1.82) is 0 Å². The van der Waals surface area contributed by atoms with Crippen molar-refractivity contribution in [2.45, 2.75) is 52.5 Å². The van der Waals surface area contributed by atoms with Crippen LogP contribution in [0.3, 0.4) is 0 Å². The van der Waals surface area contributed by atoms with Gasteiger partial charge in [-0.3, -0.25) is 4.98 Å². The summed E-state index contributed by atoms with van der Waals surface area (Å²) in [5.74, 6) is 0.822. The van der Waals surface area contributed by atoms with Crippen LogP contribution >= 0.6 is 0 Å². The number of rotatable bonds is 8. The van der Waals surface area contributed by atoms with Crippen LogP contribution in [0.1, 0.15) is 45.7 Å². The van der Waals surface area contributed by atoms with Gasteiger partial charge in [0.15, 0.2) is 0 Å². The Morgan fingerprint density at radius 2 is 2.06 bits per heavy atom. The van der Waals surface area contributed by atoms with Gasteiger partial charge in [-0.15, -0.1) is 0 Å². The predicted molar refractivity (Wildman–Crippen MR) is 74.1 cm³/mol. The Morgan fingerprint density at radius 1 is 1.24 bits per heavy atom. The summed E-state index contributed by atoms with van der Waals surface area (Å²) in [5.41, 5.74) is 1.18. The minimum atomic E-state index is 0.661. The fraction of sp³-hybridized carbons (Fsp3) is 0.667. The number of hydrogen-bond acceptors (Lipinski definition) is 2. The first-order valence-electron chi connectivity index (χ1n) is 6.89. The van der Waals surface area contributed by atoms with Gasteiger partial charge in [0.2, 0.25) is 0 Å². The SMILES string of the molecule is CCC(C)CC(CC)NCCc1ccccn1. The molecule has 0 spiro atoms. The van der Waals surface area contributed by atoms with E-state index in [-0.39, 0.29) is 0 Å². The van der Waals surface area contributed by atoms with Crippen molar-refractivity contribution >= 4 is 0 Å². The first-order valence-corrected chi connectivity index (χ1v) is 6.89. The minimum Gasteiger partial charge on any atom is -0.314 e. The van der Waals surface area contributed by atoms with Crippen LogP contribution in [0.5, 0.6) is 0 Å². The molecule has 0 fully saturated rings. The summed E-state index contributed by atoms with van der Waals surface area (Å²) in [7, 11) is 0. The molecule has 0 aromatic carbocycles. The zero-order chi connectivity index (χ0) is 12.5. The Balaban J connectivity index is 2.24. The van der Waals surface area contributed by atoms with Crippen molar-refractivity contribution in [2.24, 2.45) is 5.92 Å². The van der Waals surface area contributed by atoms with Gasteiger partial charge in [0.25, 0.3) is 0 Å². The third-order valence-electron chi connectivity index (χ3n) is 3.42. The van der Waals surface area contributed by atoms with E-state index in [1.54, 1.807) is 0 Å². The molecule has 0 saturated carbocycles. The van der Waals surface area contributed by atoms with Crippen LogP contribution in [0, 0.1) is 5.92 Å². The van der Waals surface area contributed by atoms with Gasteiger partial charge < -0.3 is 5.32 Å².